The number of phenols is 1. The Bertz CT molecular complexity index is 879. The van der Waals surface area contributed by atoms with Crippen LogP contribution >= 0.6 is 0 Å². The molecule has 1 aromatic heterocycles. The Kier molecular flexibility index (Phi) is 3.02. The van der Waals surface area contributed by atoms with Gasteiger partial charge >= 0.3 is 0 Å². The molecule has 21 heavy (non-hydrogen) atoms. The standard InChI is InChI=1S/C16H12O5/c1-20-12-8-4-6-10(13(12)17)16-15(19)14(18)9-5-2-3-7-11(9)21-16/h2-8,17,19H,1H3. The van der Waals surface area contributed by atoms with Gasteiger partial charge in [-0.2, -0.15) is 0 Å². The molecule has 0 fully saturated rings. The normalized spacial score (nSPS) is 10.7. The van der Waals surface area contributed by atoms with E-state index in [9.17, 15) is 15.0 Å². The van der Waals surface area contributed by atoms with Gasteiger partial charge < -0.3 is 19.4 Å². The van der Waals surface area contributed by atoms with Crippen LogP contribution in [0.15, 0.2) is 51.7 Å². The number of methoxy groups -OCH3 is 1. The zero-order chi connectivity index (χ0) is 15.0. The molecule has 0 saturated carbocycles. The van der Waals surface area contributed by atoms with Gasteiger partial charge in [-0.3, -0.25) is 4.79 Å². The lowest BCUT2D eigenvalue weighted by atomic mass is 10.1. The summed E-state index contributed by atoms with van der Waals surface area (Å²) in [6.45, 7) is 0. The number of benzene rings is 2. The first-order valence-electron chi connectivity index (χ1n) is 6.24. The number of rotatable bonds is 2. The van der Waals surface area contributed by atoms with E-state index in [4.69, 9.17) is 9.15 Å². The summed E-state index contributed by atoms with van der Waals surface area (Å²) in [5.74, 6) is -0.608. The van der Waals surface area contributed by atoms with Crippen molar-refractivity contribution >= 4 is 11.0 Å². The highest BCUT2D eigenvalue weighted by Crippen LogP contribution is 2.40. The number of fused-ring (bicyclic) bond motifs is 1. The van der Waals surface area contributed by atoms with Gasteiger partial charge in [-0.1, -0.05) is 18.2 Å². The van der Waals surface area contributed by atoms with Crippen LogP contribution in [-0.2, 0) is 0 Å². The quantitative estimate of drug-likeness (QED) is 0.756. The van der Waals surface area contributed by atoms with Crippen molar-refractivity contribution in [3.63, 3.8) is 0 Å². The maximum Gasteiger partial charge on any atom is 0.235 e. The van der Waals surface area contributed by atoms with E-state index in [1.165, 1.54) is 13.2 Å². The van der Waals surface area contributed by atoms with Gasteiger partial charge in [0.2, 0.25) is 11.2 Å². The fourth-order valence-corrected chi connectivity index (χ4v) is 2.19. The van der Waals surface area contributed by atoms with Crippen molar-refractivity contribution in [1.29, 1.82) is 0 Å². The molecule has 2 N–H and O–H groups in total. The van der Waals surface area contributed by atoms with Gasteiger partial charge in [0.25, 0.3) is 0 Å². The topological polar surface area (TPSA) is 79.9 Å². The first kappa shape index (κ1) is 13.1. The van der Waals surface area contributed by atoms with E-state index in [-0.39, 0.29) is 28.2 Å². The summed E-state index contributed by atoms with van der Waals surface area (Å²) in [7, 11) is 1.41. The highest BCUT2D eigenvalue weighted by molar-refractivity contribution is 5.83. The fourth-order valence-electron chi connectivity index (χ4n) is 2.19. The summed E-state index contributed by atoms with van der Waals surface area (Å²) in [6, 6.07) is 11.3. The summed E-state index contributed by atoms with van der Waals surface area (Å²) in [5, 5.41) is 20.5. The Morgan fingerprint density at radius 3 is 2.52 bits per heavy atom. The smallest absolute Gasteiger partial charge is 0.235 e. The van der Waals surface area contributed by atoms with E-state index in [2.05, 4.69) is 0 Å². The second-order valence-corrected chi connectivity index (χ2v) is 4.46. The van der Waals surface area contributed by atoms with Crippen LogP contribution in [0.4, 0.5) is 0 Å². The molecule has 0 aliphatic rings. The highest BCUT2D eigenvalue weighted by atomic mass is 16.5. The lowest BCUT2D eigenvalue weighted by Gasteiger charge is -2.10. The summed E-state index contributed by atoms with van der Waals surface area (Å²) in [5.41, 5.74) is -0.0266. The monoisotopic (exact) mass is 284 g/mol. The van der Waals surface area contributed by atoms with Crippen molar-refractivity contribution in [2.75, 3.05) is 7.11 Å². The molecule has 2 aromatic carbocycles. The first-order chi connectivity index (χ1) is 10.1. The average molecular weight is 284 g/mol. The Balaban J connectivity index is 2.36. The number of ether oxygens (including phenoxy) is 1. The Morgan fingerprint density at radius 1 is 1.00 bits per heavy atom. The van der Waals surface area contributed by atoms with Gasteiger partial charge in [-0.15, -0.1) is 0 Å². The Labute approximate surface area is 119 Å². The van der Waals surface area contributed by atoms with Crippen LogP contribution in [-0.4, -0.2) is 17.3 Å². The van der Waals surface area contributed by atoms with Crippen molar-refractivity contribution in [2.24, 2.45) is 0 Å². The molecule has 0 aliphatic heterocycles. The summed E-state index contributed by atoms with van der Waals surface area (Å²) in [6.07, 6.45) is 0. The SMILES string of the molecule is COc1cccc(-c2oc3ccccc3c(=O)c2O)c1O. The lowest BCUT2D eigenvalue weighted by molar-refractivity contribution is 0.373. The van der Waals surface area contributed by atoms with Gasteiger partial charge in [0, 0.05) is 0 Å². The van der Waals surface area contributed by atoms with Crippen molar-refractivity contribution in [3.05, 3.63) is 52.7 Å². The maximum absolute atomic E-state index is 12.2. The van der Waals surface area contributed by atoms with Crippen molar-refractivity contribution < 1.29 is 19.4 Å². The Hall–Kier alpha value is -2.95. The molecule has 0 radical (unpaired) electrons. The van der Waals surface area contributed by atoms with E-state index < -0.39 is 11.2 Å². The zero-order valence-electron chi connectivity index (χ0n) is 11.2. The predicted octanol–water partition coefficient (Wildman–Crippen LogP) is 2.88. The minimum atomic E-state index is -0.547. The van der Waals surface area contributed by atoms with Crippen molar-refractivity contribution in [1.82, 2.24) is 0 Å². The van der Waals surface area contributed by atoms with Gasteiger partial charge in [-0.25, -0.2) is 0 Å². The highest BCUT2D eigenvalue weighted by Gasteiger charge is 2.19. The Morgan fingerprint density at radius 2 is 1.76 bits per heavy atom. The first-order valence-corrected chi connectivity index (χ1v) is 6.24. The van der Waals surface area contributed by atoms with E-state index in [1.807, 2.05) is 0 Å². The average Bonchev–Trinajstić information content (AvgIpc) is 2.51. The van der Waals surface area contributed by atoms with Crippen LogP contribution < -0.4 is 10.2 Å². The molecule has 1 heterocycles. The molecule has 3 aromatic rings. The van der Waals surface area contributed by atoms with Crippen LogP contribution in [0.5, 0.6) is 17.2 Å². The molecule has 0 saturated heterocycles. The molecule has 5 nitrogen and oxygen atoms in total. The minimum Gasteiger partial charge on any atom is -0.504 e. The van der Waals surface area contributed by atoms with Gasteiger partial charge in [0.1, 0.15) is 5.58 Å². The molecular formula is C16H12O5. The second kappa shape index (κ2) is 4.86. The van der Waals surface area contributed by atoms with Crippen LogP contribution in [0.3, 0.4) is 0 Å². The predicted molar refractivity (Wildman–Crippen MR) is 77.8 cm³/mol. The molecule has 106 valence electrons. The molecule has 0 bridgehead atoms. The molecular weight excluding hydrogens is 272 g/mol. The third kappa shape index (κ3) is 1.99. The number of phenolic OH excluding ortho intramolecular Hbond substituents is 1. The summed E-state index contributed by atoms with van der Waals surface area (Å²) in [4.78, 5) is 12.2. The fraction of sp³-hybridized carbons (Fsp3) is 0.0625. The number of para-hydroxylation sites is 2. The molecule has 0 unspecified atom stereocenters. The van der Waals surface area contributed by atoms with E-state index in [0.29, 0.717) is 5.58 Å². The van der Waals surface area contributed by atoms with Gasteiger partial charge in [0.15, 0.2) is 17.3 Å². The zero-order valence-corrected chi connectivity index (χ0v) is 11.2. The summed E-state index contributed by atoms with van der Waals surface area (Å²) >= 11 is 0. The molecule has 0 aliphatic carbocycles. The van der Waals surface area contributed by atoms with Crippen molar-refractivity contribution in [3.8, 4) is 28.6 Å². The maximum atomic E-state index is 12.2. The largest absolute Gasteiger partial charge is 0.504 e. The number of aromatic hydroxyl groups is 2. The third-order valence-corrected chi connectivity index (χ3v) is 3.24. The van der Waals surface area contributed by atoms with Crippen LogP contribution in [0, 0.1) is 0 Å². The second-order valence-electron chi connectivity index (χ2n) is 4.46. The van der Waals surface area contributed by atoms with Crippen molar-refractivity contribution in [2.45, 2.75) is 0 Å². The van der Waals surface area contributed by atoms with Crippen LogP contribution in [0.25, 0.3) is 22.3 Å². The van der Waals surface area contributed by atoms with Crippen LogP contribution in [0.1, 0.15) is 0 Å². The summed E-state index contributed by atoms with van der Waals surface area (Å²) < 4.78 is 10.6. The van der Waals surface area contributed by atoms with Gasteiger partial charge in [0.05, 0.1) is 18.1 Å². The molecule has 0 atom stereocenters. The number of hydrogen-bond donors (Lipinski definition) is 2. The van der Waals surface area contributed by atoms with Gasteiger partial charge in [-0.05, 0) is 24.3 Å². The molecule has 5 heteroatoms. The molecule has 0 spiro atoms. The van der Waals surface area contributed by atoms with E-state index in [0.717, 1.165) is 0 Å². The minimum absolute atomic E-state index is 0.0879. The molecule has 0 amide bonds. The molecule has 3 rings (SSSR count). The third-order valence-electron chi connectivity index (χ3n) is 3.24. The van der Waals surface area contributed by atoms with E-state index >= 15 is 0 Å². The van der Waals surface area contributed by atoms with Crippen LogP contribution in [0.2, 0.25) is 0 Å². The van der Waals surface area contributed by atoms with E-state index in [1.54, 1.807) is 36.4 Å². The lowest BCUT2D eigenvalue weighted by Crippen LogP contribution is -2.02. The number of hydrogen-bond acceptors (Lipinski definition) is 5.